The van der Waals surface area contributed by atoms with Crippen molar-refractivity contribution >= 4 is 29.1 Å². The van der Waals surface area contributed by atoms with Crippen molar-refractivity contribution < 1.29 is 23.8 Å². The van der Waals surface area contributed by atoms with Gasteiger partial charge in [-0.1, -0.05) is 41.9 Å². The van der Waals surface area contributed by atoms with Crippen LogP contribution in [0.5, 0.6) is 5.75 Å². The fourth-order valence-corrected chi connectivity index (χ4v) is 3.91. The van der Waals surface area contributed by atoms with E-state index in [0.29, 0.717) is 34.3 Å². The average molecular weight is 438 g/mol. The molecular formula is C24H20ClNO5. The molecule has 6 nitrogen and oxygen atoms in total. The average Bonchev–Trinajstić information content (AvgIpc) is 3.38. The summed E-state index contributed by atoms with van der Waals surface area (Å²) < 4.78 is 10.8. The van der Waals surface area contributed by atoms with Crippen molar-refractivity contribution in [3.8, 4) is 5.75 Å². The van der Waals surface area contributed by atoms with Crippen LogP contribution in [0.2, 0.25) is 5.02 Å². The lowest BCUT2D eigenvalue weighted by Crippen LogP contribution is -2.29. The van der Waals surface area contributed by atoms with Gasteiger partial charge in [0.15, 0.2) is 0 Å². The molecule has 2 aromatic carbocycles. The van der Waals surface area contributed by atoms with Crippen molar-refractivity contribution in [1.82, 2.24) is 4.90 Å². The second-order valence-electron chi connectivity index (χ2n) is 7.00. The minimum absolute atomic E-state index is 0.00276. The van der Waals surface area contributed by atoms with E-state index in [1.165, 1.54) is 17.2 Å². The molecule has 1 aliphatic rings. The molecular weight excluding hydrogens is 418 g/mol. The molecule has 1 unspecified atom stereocenters. The number of amides is 1. The first-order chi connectivity index (χ1) is 15.0. The van der Waals surface area contributed by atoms with E-state index in [9.17, 15) is 14.7 Å². The number of carbonyl (C=O) groups is 2. The van der Waals surface area contributed by atoms with E-state index < -0.39 is 17.7 Å². The number of ketones is 1. The Morgan fingerprint density at radius 2 is 1.90 bits per heavy atom. The number of Topliss-reactive ketones (excluding diaryl/α,β-unsaturated/α-hetero) is 1. The maximum atomic E-state index is 13.0. The van der Waals surface area contributed by atoms with Crippen LogP contribution in [0.25, 0.3) is 5.76 Å². The minimum Gasteiger partial charge on any atom is -0.507 e. The van der Waals surface area contributed by atoms with Crippen LogP contribution in [0, 0.1) is 0 Å². The van der Waals surface area contributed by atoms with Gasteiger partial charge in [-0.15, -0.1) is 0 Å². The second kappa shape index (κ2) is 8.70. The number of nitrogens with zero attached hydrogens (tertiary/aromatic N) is 1. The van der Waals surface area contributed by atoms with Crippen molar-refractivity contribution in [2.75, 3.05) is 6.61 Å². The third-order valence-corrected chi connectivity index (χ3v) is 5.36. The van der Waals surface area contributed by atoms with E-state index in [2.05, 4.69) is 0 Å². The van der Waals surface area contributed by atoms with Gasteiger partial charge in [0.2, 0.25) is 0 Å². The molecule has 1 saturated heterocycles. The molecule has 0 saturated carbocycles. The topological polar surface area (TPSA) is 80.0 Å². The van der Waals surface area contributed by atoms with Gasteiger partial charge in [0, 0.05) is 5.56 Å². The van der Waals surface area contributed by atoms with Gasteiger partial charge in [0.25, 0.3) is 11.7 Å². The van der Waals surface area contributed by atoms with Crippen LogP contribution in [0.1, 0.15) is 29.9 Å². The number of ether oxygens (including phenoxy) is 1. The van der Waals surface area contributed by atoms with Crippen LogP contribution >= 0.6 is 11.6 Å². The van der Waals surface area contributed by atoms with Crippen molar-refractivity contribution in [3.05, 3.63) is 94.4 Å². The maximum absolute atomic E-state index is 13.0. The van der Waals surface area contributed by atoms with Crippen molar-refractivity contribution in [2.24, 2.45) is 0 Å². The van der Waals surface area contributed by atoms with E-state index >= 15 is 0 Å². The zero-order chi connectivity index (χ0) is 22.0. The van der Waals surface area contributed by atoms with Gasteiger partial charge in [-0.05, 0) is 42.8 Å². The normalized spacial score (nSPS) is 17.9. The van der Waals surface area contributed by atoms with E-state index in [1.54, 1.807) is 24.3 Å². The molecule has 1 fully saturated rings. The lowest BCUT2D eigenvalue weighted by Gasteiger charge is -2.24. The number of likely N-dealkylation sites (tertiary alicyclic amines) is 1. The van der Waals surface area contributed by atoms with Gasteiger partial charge in [-0.25, -0.2) is 0 Å². The number of hydrogen-bond acceptors (Lipinski definition) is 5. The summed E-state index contributed by atoms with van der Waals surface area (Å²) in [7, 11) is 0. The minimum atomic E-state index is -0.767. The zero-order valence-electron chi connectivity index (χ0n) is 16.7. The van der Waals surface area contributed by atoms with Crippen molar-refractivity contribution in [2.45, 2.75) is 19.5 Å². The number of halogens is 1. The molecule has 158 valence electrons. The Morgan fingerprint density at radius 3 is 2.55 bits per heavy atom. The second-order valence-corrected chi connectivity index (χ2v) is 7.40. The molecule has 1 aromatic heterocycles. The van der Waals surface area contributed by atoms with Gasteiger partial charge in [-0.3, -0.25) is 9.59 Å². The van der Waals surface area contributed by atoms with Crippen LogP contribution in [0.4, 0.5) is 0 Å². The van der Waals surface area contributed by atoms with Crippen LogP contribution in [-0.2, 0) is 16.1 Å². The summed E-state index contributed by atoms with van der Waals surface area (Å²) in [5, 5.41) is 11.4. The van der Waals surface area contributed by atoms with Gasteiger partial charge in [0.05, 0.1) is 36.1 Å². The summed E-state index contributed by atoms with van der Waals surface area (Å²) in [6.45, 7) is 2.37. The number of benzene rings is 2. The third kappa shape index (κ3) is 3.94. The number of furan rings is 1. The largest absolute Gasteiger partial charge is 0.507 e. The fourth-order valence-electron chi connectivity index (χ4n) is 3.67. The standard InChI is InChI=1S/C24H20ClNO5/c1-2-30-19-11-10-16(13-18(19)25)22(27)20-21(15-7-4-3-5-8-15)26(24(29)23(20)28)14-17-9-6-12-31-17/h3-13,21,27H,2,14H2,1H3/b22-20+. The van der Waals surface area contributed by atoms with Gasteiger partial charge in [-0.2, -0.15) is 0 Å². The summed E-state index contributed by atoms with van der Waals surface area (Å²) >= 11 is 6.27. The predicted molar refractivity (Wildman–Crippen MR) is 116 cm³/mol. The van der Waals surface area contributed by atoms with Gasteiger partial charge >= 0.3 is 0 Å². The van der Waals surface area contributed by atoms with E-state index in [4.69, 9.17) is 20.8 Å². The molecule has 0 bridgehead atoms. The van der Waals surface area contributed by atoms with Crippen LogP contribution in [0.15, 0.2) is 76.9 Å². The number of aliphatic hydroxyl groups is 1. The van der Waals surface area contributed by atoms with E-state index in [-0.39, 0.29) is 17.9 Å². The summed E-state index contributed by atoms with van der Waals surface area (Å²) in [5.74, 6) is -0.753. The van der Waals surface area contributed by atoms with Gasteiger partial charge < -0.3 is 19.2 Å². The van der Waals surface area contributed by atoms with Gasteiger partial charge in [0.1, 0.15) is 17.3 Å². The number of rotatable bonds is 6. The summed E-state index contributed by atoms with van der Waals surface area (Å²) in [6, 6.07) is 16.5. The van der Waals surface area contributed by atoms with Crippen molar-refractivity contribution in [1.29, 1.82) is 0 Å². The Morgan fingerprint density at radius 1 is 1.13 bits per heavy atom. The fraction of sp³-hybridized carbons (Fsp3) is 0.167. The SMILES string of the molecule is CCOc1ccc(/C(O)=C2\C(=O)C(=O)N(Cc3ccco3)C2c2ccccc2)cc1Cl. The Bertz CT molecular complexity index is 1140. The highest BCUT2D eigenvalue weighted by molar-refractivity contribution is 6.46. The molecule has 1 atom stereocenters. The molecule has 1 aliphatic heterocycles. The summed E-state index contributed by atoms with van der Waals surface area (Å²) in [4.78, 5) is 27.3. The molecule has 4 rings (SSSR count). The van der Waals surface area contributed by atoms with Crippen LogP contribution in [-0.4, -0.2) is 28.3 Å². The lowest BCUT2D eigenvalue weighted by molar-refractivity contribution is -0.140. The Hall–Kier alpha value is -3.51. The predicted octanol–water partition coefficient (Wildman–Crippen LogP) is 4.95. The number of aliphatic hydroxyl groups excluding tert-OH is 1. The molecule has 0 aliphatic carbocycles. The van der Waals surface area contributed by atoms with Crippen LogP contribution in [0.3, 0.4) is 0 Å². The number of hydrogen-bond donors (Lipinski definition) is 1. The van der Waals surface area contributed by atoms with Crippen LogP contribution < -0.4 is 4.74 Å². The Labute approximate surface area is 184 Å². The monoisotopic (exact) mass is 437 g/mol. The molecule has 1 amide bonds. The van der Waals surface area contributed by atoms with Crippen molar-refractivity contribution in [3.63, 3.8) is 0 Å². The molecule has 1 N–H and O–H groups in total. The summed E-state index contributed by atoms with van der Waals surface area (Å²) in [6.07, 6.45) is 1.51. The molecule has 7 heteroatoms. The maximum Gasteiger partial charge on any atom is 0.296 e. The first-order valence-electron chi connectivity index (χ1n) is 9.79. The highest BCUT2D eigenvalue weighted by atomic mass is 35.5. The molecule has 3 aromatic rings. The zero-order valence-corrected chi connectivity index (χ0v) is 17.5. The number of carbonyl (C=O) groups excluding carboxylic acids is 2. The van der Waals surface area contributed by atoms with E-state index in [1.807, 2.05) is 37.3 Å². The van der Waals surface area contributed by atoms with E-state index in [0.717, 1.165) is 0 Å². The highest BCUT2D eigenvalue weighted by Crippen LogP contribution is 2.41. The lowest BCUT2D eigenvalue weighted by atomic mass is 9.95. The first kappa shape index (κ1) is 20.8. The highest BCUT2D eigenvalue weighted by Gasteiger charge is 2.46. The third-order valence-electron chi connectivity index (χ3n) is 5.07. The molecule has 0 radical (unpaired) electrons. The molecule has 2 heterocycles. The quantitative estimate of drug-likeness (QED) is 0.335. The summed E-state index contributed by atoms with van der Waals surface area (Å²) in [5.41, 5.74) is 1.03. The Balaban J connectivity index is 1.83. The smallest absolute Gasteiger partial charge is 0.296 e. The first-order valence-corrected chi connectivity index (χ1v) is 10.2. The molecule has 31 heavy (non-hydrogen) atoms. The Kier molecular flexibility index (Phi) is 5.82. The molecule has 0 spiro atoms.